The molecule has 0 atom stereocenters. The fraction of sp³-hybridized carbons (Fsp3) is 0.400. The second-order valence-electron chi connectivity index (χ2n) is 6.95. The summed E-state index contributed by atoms with van der Waals surface area (Å²) < 4.78 is 7.66. The highest BCUT2D eigenvalue weighted by Crippen LogP contribution is 2.21. The summed E-state index contributed by atoms with van der Waals surface area (Å²) in [6, 6.07) is 9.59. The van der Waals surface area contributed by atoms with Gasteiger partial charge in [-0.1, -0.05) is 18.2 Å². The van der Waals surface area contributed by atoms with Gasteiger partial charge in [-0.2, -0.15) is 5.10 Å². The number of carbonyl (C=O) groups is 1. The number of furan rings is 1. The number of fused-ring (bicyclic) bond motifs is 1. The Morgan fingerprint density at radius 3 is 2.81 bits per heavy atom. The van der Waals surface area contributed by atoms with Crippen LogP contribution in [0, 0.1) is 6.92 Å². The lowest BCUT2D eigenvalue weighted by Crippen LogP contribution is -2.34. The molecule has 4 rings (SSSR count). The SMILES string of the molecule is Cc1c(CN2CCCN(C(=O)c3cc4ccccc4o3)CC2)cnn1C. The van der Waals surface area contributed by atoms with Gasteiger partial charge < -0.3 is 9.32 Å². The molecule has 26 heavy (non-hydrogen) atoms. The number of nitrogens with zero attached hydrogens (tertiary/aromatic N) is 4. The van der Waals surface area contributed by atoms with Gasteiger partial charge in [0.15, 0.2) is 5.76 Å². The van der Waals surface area contributed by atoms with Crippen molar-refractivity contribution in [2.45, 2.75) is 19.9 Å². The van der Waals surface area contributed by atoms with E-state index in [4.69, 9.17) is 4.42 Å². The molecule has 1 saturated heterocycles. The van der Waals surface area contributed by atoms with Crippen molar-refractivity contribution in [3.8, 4) is 0 Å². The molecule has 1 fully saturated rings. The van der Waals surface area contributed by atoms with Crippen molar-refractivity contribution >= 4 is 16.9 Å². The van der Waals surface area contributed by atoms with Gasteiger partial charge >= 0.3 is 0 Å². The normalized spacial score (nSPS) is 16.2. The number of carbonyl (C=O) groups excluding carboxylic acids is 1. The molecule has 3 aromatic rings. The van der Waals surface area contributed by atoms with Gasteiger partial charge in [-0.25, -0.2) is 0 Å². The summed E-state index contributed by atoms with van der Waals surface area (Å²) in [6.07, 6.45) is 2.91. The summed E-state index contributed by atoms with van der Waals surface area (Å²) in [5.74, 6) is 0.420. The molecule has 1 aliphatic rings. The summed E-state index contributed by atoms with van der Waals surface area (Å²) >= 11 is 0. The van der Waals surface area contributed by atoms with E-state index in [0.717, 1.165) is 50.1 Å². The van der Waals surface area contributed by atoms with Gasteiger partial charge in [0.2, 0.25) is 0 Å². The molecule has 136 valence electrons. The zero-order valence-corrected chi connectivity index (χ0v) is 15.3. The minimum Gasteiger partial charge on any atom is -0.451 e. The van der Waals surface area contributed by atoms with E-state index in [1.807, 2.05) is 53.2 Å². The number of hydrogen-bond acceptors (Lipinski definition) is 4. The molecule has 1 aliphatic heterocycles. The van der Waals surface area contributed by atoms with Crippen LogP contribution in [0.4, 0.5) is 0 Å². The first-order valence-corrected chi connectivity index (χ1v) is 9.09. The Bertz CT molecular complexity index is 894. The molecule has 0 saturated carbocycles. The molecular formula is C20H24N4O2. The number of aromatic nitrogens is 2. The summed E-state index contributed by atoms with van der Waals surface area (Å²) in [5, 5.41) is 5.29. The molecule has 0 spiro atoms. The highest BCUT2D eigenvalue weighted by atomic mass is 16.3. The smallest absolute Gasteiger partial charge is 0.289 e. The van der Waals surface area contributed by atoms with Crippen molar-refractivity contribution < 1.29 is 9.21 Å². The molecule has 1 amide bonds. The molecule has 3 heterocycles. The summed E-state index contributed by atoms with van der Waals surface area (Å²) in [4.78, 5) is 17.2. The minimum atomic E-state index is -0.0133. The Kier molecular flexibility index (Phi) is 4.51. The minimum absolute atomic E-state index is 0.0133. The van der Waals surface area contributed by atoms with Gasteiger partial charge in [0.1, 0.15) is 5.58 Å². The Labute approximate surface area is 153 Å². The van der Waals surface area contributed by atoms with Gasteiger partial charge in [-0.3, -0.25) is 14.4 Å². The van der Waals surface area contributed by atoms with Crippen LogP contribution in [-0.2, 0) is 13.6 Å². The molecule has 6 nitrogen and oxygen atoms in total. The molecule has 2 aromatic heterocycles. The van der Waals surface area contributed by atoms with E-state index in [9.17, 15) is 4.79 Å². The first-order valence-electron chi connectivity index (χ1n) is 9.09. The lowest BCUT2D eigenvalue weighted by molar-refractivity contribution is 0.0731. The van der Waals surface area contributed by atoms with Crippen LogP contribution in [0.5, 0.6) is 0 Å². The third kappa shape index (κ3) is 3.24. The number of rotatable bonds is 3. The second kappa shape index (κ2) is 6.96. The van der Waals surface area contributed by atoms with Crippen LogP contribution in [0.15, 0.2) is 40.9 Å². The summed E-state index contributed by atoms with van der Waals surface area (Å²) in [7, 11) is 1.97. The van der Waals surface area contributed by atoms with Crippen molar-refractivity contribution in [1.29, 1.82) is 0 Å². The largest absolute Gasteiger partial charge is 0.451 e. The van der Waals surface area contributed by atoms with E-state index < -0.39 is 0 Å². The number of hydrogen-bond donors (Lipinski definition) is 0. The average molecular weight is 352 g/mol. The highest BCUT2D eigenvalue weighted by Gasteiger charge is 2.23. The van der Waals surface area contributed by atoms with Crippen molar-refractivity contribution in [2.75, 3.05) is 26.2 Å². The van der Waals surface area contributed by atoms with Crippen LogP contribution in [0.3, 0.4) is 0 Å². The van der Waals surface area contributed by atoms with Gasteiger partial charge in [0, 0.05) is 56.4 Å². The van der Waals surface area contributed by atoms with Gasteiger partial charge in [-0.05, 0) is 25.5 Å². The predicted molar refractivity (Wildman–Crippen MR) is 100.0 cm³/mol. The molecule has 0 radical (unpaired) electrons. The van der Waals surface area contributed by atoms with E-state index in [0.29, 0.717) is 5.76 Å². The average Bonchev–Trinajstić information content (AvgIpc) is 3.12. The van der Waals surface area contributed by atoms with Crippen LogP contribution >= 0.6 is 0 Å². The van der Waals surface area contributed by atoms with Crippen molar-refractivity contribution in [2.24, 2.45) is 7.05 Å². The summed E-state index contributed by atoms with van der Waals surface area (Å²) in [6.45, 7) is 6.30. The molecule has 6 heteroatoms. The maximum absolute atomic E-state index is 12.8. The van der Waals surface area contributed by atoms with E-state index in [-0.39, 0.29) is 5.91 Å². The van der Waals surface area contributed by atoms with Crippen LogP contribution in [-0.4, -0.2) is 51.7 Å². The number of para-hydroxylation sites is 1. The number of benzene rings is 1. The van der Waals surface area contributed by atoms with Gasteiger partial charge in [0.25, 0.3) is 5.91 Å². The van der Waals surface area contributed by atoms with Crippen molar-refractivity contribution in [3.05, 3.63) is 53.5 Å². The Balaban J connectivity index is 1.43. The molecule has 0 N–H and O–H groups in total. The fourth-order valence-corrected chi connectivity index (χ4v) is 3.52. The highest BCUT2D eigenvalue weighted by molar-refractivity contribution is 5.96. The quantitative estimate of drug-likeness (QED) is 0.727. The van der Waals surface area contributed by atoms with Crippen molar-refractivity contribution in [3.63, 3.8) is 0 Å². The maximum Gasteiger partial charge on any atom is 0.289 e. The monoisotopic (exact) mass is 352 g/mol. The summed E-state index contributed by atoms with van der Waals surface area (Å²) in [5.41, 5.74) is 3.22. The van der Waals surface area contributed by atoms with Crippen molar-refractivity contribution in [1.82, 2.24) is 19.6 Å². The standard InChI is InChI=1S/C20H24N4O2/c1-15-17(13-21-22(15)2)14-23-8-5-9-24(11-10-23)20(25)19-12-16-6-3-4-7-18(16)26-19/h3-4,6-7,12-13H,5,8-11,14H2,1-2H3. The van der Waals surface area contributed by atoms with Gasteiger partial charge in [0.05, 0.1) is 6.20 Å². The number of aryl methyl sites for hydroxylation is 1. The molecule has 0 unspecified atom stereocenters. The topological polar surface area (TPSA) is 54.5 Å². The Morgan fingerprint density at radius 1 is 1.19 bits per heavy atom. The van der Waals surface area contributed by atoms with Crippen LogP contribution in [0.1, 0.15) is 28.2 Å². The zero-order valence-electron chi connectivity index (χ0n) is 15.3. The molecule has 0 bridgehead atoms. The lowest BCUT2D eigenvalue weighted by atomic mass is 10.2. The molecule has 1 aromatic carbocycles. The molecule has 0 aliphatic carbocycles. The van der Waals surface area contributed by atoms with E-state index >= 15 is 0 Å². The van der Waals surface area contributed by atoms with E-state index in [1.54, 1.807) is 0 Å². The maximum atomic E-state index is 12.8. The van der Waals surface area contributed by atoms with Crippen LogP contribution in [0.2, 0.25) is 0 Å². The third-order valence-electron chi connectivity index (χ3n) is 5.24. The third-order valence-corrected chi connectivity index (χ3v) is 5.24. The van der Waals surface area contributed by atoms with E-state index in [1.165, 1.54) is 11.3 Å². The van der Waals surface area contributed by atoms with Crippen LogP contribution < -0.4 is 0 Å². The Hall–Kier alpha value is -2.60. The van der Waals surface area contributed by atoms with E-state index in [2.05, 4.69) is 16.9 Å². The Morgan fingerprint density at radius 2 is 2.04 bits per heavy atom. The predicted octanol–water partition coefficient (Wildman–Crippen LogP) is 2.82. The molecular weight excluding hydrogens is 328 g/mol. The first kappa shape index (κ1) is 16.8. The zero-order chi connectivity index (χ0) is 18.1. The first-order chi connectivity index (χ1) is 12.6. The fourth-order valence-electron chi connectivity index (χ4n) is 3.52. The van der Waals surface area contributed by atoms with Gasteiger partial charge in [-0.15, -0.1) is 0 Å². The van der Waals surface area contributed by atoms with Crippen LogP contribution in [0.25, 0.3) is 11.0 Å². The lowest BCUT2D eigenvalue weighted by Gasteiger charge is -2.21. The second-order valence-corrected chi connectivity index (χ2v) is 6.95. The number of amides is 1.